The Morgan fingerprint density at radius 1 is 1.00 bits per heavy atom. The molecule has 1 aromatic rings. The summed E-state index contributed by atoms with van der Waals surface area (Å²) < 4.78 is 42.1. The van der Waals surface area contributed by atoms with Gasteiger partial charge in [0.2, 0.25) is 10.0 Å². The lowest BCUT2D eigenvalue weighted by atomic mass is 10.1. The van der Waals surface area contributed by atoms with Gasteiger partial charge in [-0.15, -0.1) is 0 Å². The van der Waals surface area contributed by atoms with Crippen molar-refractivity contribution < 1.29 is 27.5 Å². The Morgan fingerprint density at radius 3 is 2.08 bits per heavy atom. The molecule has 7 nitrogen and oxygen atoms in total. The molecule has 1 heterocycles. The Labute approximate surface area is 150 Å². The van der Waals surface area contributed by atoms with Crippen LogP contribution in [-0.2, 0) is 16.6 Å². The van der Waals surface area contributed by atoms with E-state index in [-0.39, 0.29) is 5.75 Å². The first-order valence-corrected chi connectivity index (χ1v) is 10.2. The highest BCUT2D eigenvalue weighted by Crippen LogP contribution is 2.34. The van der Waals surface area contributed by atoms with Crippen molar-refractivity contribution in [2.75, 3.05) is 53.3 Å². The summed E-state index contributed by atoms with van der Waals surface area (Å²) in [4.78, 5) is 1.33. The van der Waals surface area contributed by atoms with Crippen molar-refractivity contribution in [3.63, 3.8) is 0 Å². The Bertz CT molecular complexity index is 670. The largest absolute Gasteiger partial charge is 0.496 e. The van der Waals surface area contributed by atoms with E-state index >= 15 is 0 Å². The van der Waals surface area contributed by atoms with Crippen LogP contribution in [0.4, 0.5) is 0 Å². The quantitative estimate of drug-likeness (QED) is 0.703. The van der Waals surface area contributed by atoms with Crippen LogP contribution in [0.1, 0.15) is 18.9 Å². The van der Waals surface area contributed by atoms with E-state index in [1.165, 1.54) is 4.90 Å². The molecule has 0 spiro atoms. The SMILES string of the molecule is CCCS(=O)(=O)N1CC[NH+](Cc2cc(OC)c(OC)cc2OC)CC1. The molecule has 1 fully saturated rings. The average molecular weight is 373 g/mol. The first kappa shape index (κ1) is 19.8. The van der Waals surface area contributed by atoms with E-state index in [9.17, 15) is 8.42 Å². The second-order valence-corrected chi connectivity index (χ2v) is 8.25. The van der Waals surface area contributed by atoms with Gasteiger partial charge in [-0.3, -0.25) is 0 Å². The smallest absolute Gasteiger partial charge is 0.214 e. The third-order valence-electron chi connectivity index (χ3n) is 4.51. The number of quaternary nitrogens is 1. The first-order valence-electron chi connectivity index (χ1n) is 8.55. The molecule has 8 heteroatoms. The molecule has 0 amide bonds. The van der Waals surface area contributed by atoms with Crippen LogP contribution in [0, 0.1) is 0 Å². The van der Waals surface area contributed by atoms with E-state index in [1.54, 1.807) is 25.6 Å². The summed E-state index contributed by atoms with van der Waals surface area (Å²) in [6.07, 6.45) is 0.651. The molecule has 0 unspecified atom stereocenters. The number of hydrogen-bond donors (Lipinski definition) is 1. The maximum Gasteiger partial charge on any atom is 0.214 e. The minimum atomic E-state index is -3.10. The normalized spacial score (nSPS) is 16.6. The summed E-state index contributed by atoms with van der Waals surface area (Å²) >= 11 is 0. The molecular weight excluding hydrogens is 344 g/mol. The second kappa shape index (κ2) is 8.73. The van der Waals surface area contributed by atoms with Gasteiger partial charge in [0, 0.05) is 6.07 Å². The number of hydrogen-bond acceptors (Lipinski definition) is 5. The van der Waals surface area contributed by atoms with Crippen LogP contribution < -0.4 is 19.1 Å². The fourth-order valence-corrected chi connectivity index (χ4v) is 4.66. The van der Waals surface area contributed by atoms with Crippen molar-refractivity contribution in [2.24, 2.45) is 0 Å². The van der Waals surface area contributed by atoms with E-state index < -0.39 is 10.0 Å². The van der Waals surface area contributed by atoms with Crippen molar-refractivity contribution in [2.45, 2.75) is 19.9 Å². The van der Waals surface area contributed by atoms with Crippen molar-refractivity contribution in [1.82, 2.24) is 4.31 Å². The molecule has 0 aliphatic carbocycles. The van der Waals surface area contributed by atoms with Crippen molar-refractivity contribution in [1.29, 1.82) is 0 Å². The molecule has 1 aromatic carbocycles. The van der Waals surface area contributed by atoms with Gasteiger partial charge in [0.1, 0.15) is 12.3 Å². The topological polar surface area (TPSA) is 69.5 Å². The van der Waals surface area contributed by atoms with E-state index in [0.717, 1.165) is 30.9 Å². The van der Waals surface area contributed by atoms with Crippen LogP contribution in [0.15, 0.2) is 12.1 Å². The van der Waals surface area contributed by atoms with Gasteiger partial charge >= 0.3 is 0 Å². The number of nitrogens with zero attached hydrogens (tertiary/aromatic N) is 1. The molecule has 0 saturated carbocycles. The zero-order chi connectivity index (χ0) is 18.4. The maximum absolute atomic E-state index is 12.2. The maximum atomic E-state index is 12.2. The van der Waals surface area contributed by atoms with Gasteiger partial charge in [0.05, 0.1) is 58.8 Å². The Hall–Kier alpha value is -1.51. The van der Waals surface area contributed by atoms with Gasteiger partial charge in [0.15, 0.2) is 11.5 Å². The van der Waals surface area contributed by atoms with E-state index in [2.05, 4.69) is 0 Å². The summed E-state index contributed by atoms with van der Waals surface area (Å²) in [7, 11) is 1.74. The lowest BCUT2D eigenvalue weighted by Crippen LogP contribution is -3.13. The van der Waals surface area contributed by atoms with Gasteiger partial charge in [-0.05, 0) is 12.5 Å². The van der Waals surface area contributed by atoms with E-state index in [1.807, 2.05) is 19.1 Å². The molecule has 25 heavy (non-hydrogen) atoms. The Kier molecular flexibility index (Phi) is 6.92. The second-order valence-electron chi connectivity index (χ2n) is 6.16. The molecule has 2 rings (SSSR count). The third kappa shape index (κ3) is 4.77. The predicted octanol–water partition coefficient (Wildman–Crippen LogP) is 0.153. The van der Waals surface area contributed by atoms with Crippen LogP contribution in [-0.4, -0.2) is 66.0 Å². The Balaban J connectivity index is 2.07. The summed E-state index contributed by atoms with van der Waals surface area (Å²) in [6, 6.07) is 3.76. The zero-order valence-electron chi connectivity index (χ0n) is 15.5. The molecule has 142 valence electrons. The van der Waals surface area contributed by atoms with Crippen molar-refractivity contribution in [3.05, 3.63) is 17.7 Å². The van der Waals surface area contributed by atoms with Gasteiger partial charge in [-0.25, -0.2) is 8.42 Å². The molecular formula is C17H29N2O5S+. The van der Waals surface area contributed by atoms with Crippen molar-refractivity contribution >= 4 is 10.0 Å². The fourth-order valence-electron chi connectivity index (χ4n) is 3.14. The number of ether oxygens (including phenoxy) is 3. The lowest BCUT2D eigenvalue weighted by molar-refractivity contribution is -0.917. The first-order chi connectivity index (χ1) is 11.9. The average Bonchev–Trinajstić information content (AvgIpc) is 2.61. The minimum Gasteiger partial charge on any atom is -0.496 e. The van der Waals surface area contributed by atoms with Gasteiger partial charge in [0.25, 0.3) is 0 Å². The molecule has 0 bridgehead atoms. The van der Waals surface area contributed by atoms with E-state index in [4.69, 9.17) is 14.2 Å². The van der Waals surface area contributed by atoms with E-state index in [0.29, 0.717) is 31.0 Å². The summed E-state index contributed by atoms with van der Waals surface area (Å²) in [5.74, 6) is 2.29. The Morgan fingerprint density at radius 2 is 1.56 bits per heavy atom. The molecule has 0 radical (unpaired) electrons. The number of piperazine rings is 1. The van der Waals surface area contributed by atoms with Crippen LogP contribution >= 0.6 is 0 Å². The third-order valence-corrected chi connectivity index (χ3v) is 6.59. The molecule has 1 aliphatic heterocycles. The number of methoxy groups -OCH3 is 3. The van der Waals surface area contributed by atoms with Crippen LogP contribution in [0.5, 0.6) is 17.2 Å². The highest BCUT2D eigenvalue weighted by molar-refractivity contribution is 7.89. The molecule has 1 aliphatic rings. The van der Waals surface area contributed by atoms with Crippen LogP contribution in [0.25, 0.3) is 0 Å². The summed E-state index contributed by atoms with van der Waals surface area (Å²) in [6.45, 7) is 5.33. The van der Waals surface area contributed by atoms with Gasteiger partial charge < -0.3 is 19.1 Å². The minimum absolute atomic E-state index is 0.228. The number of sulfonamides is 1. The standard InChI is InChI=1S/C17H28N2O5S/c1-5-10-25(20,21)19-8-6-18(7-9-19)13-14-11-16(23-3)17(24-4)12-15(14)22-2/h11-12H,5-10,13H2,1-4H3/p+1. The monoisotopic (exact) mass is 373 g/mol. The van der Waals surface area contributed by atoms with Gasteiger partial charge in [-0.2, -0.15) is 4.31 Å². The predicted molar refractivity (Wildman–Crippen MR) is 96.1 cm³/mol. The highest BCUT2D eigenvalue weighted by atomic mass is 32.2. The number of rotatable bonds is 8. The fraction of sp³-hybridized carbons (Fsp3) is 0.647. The number of nitrogens with one attached hydrogen (secondary N) is 1. The molecule has 1 N–H and O–H groups in total. The molecule has 1 saturated heterocycles. The molecule has 0 aromatic heterocycles. The summed E-state index contributed by atoms with van der Waals surface area (Å²) in [5.41, 5.74) is 1.03. The van der Waals surface area contributed by atoms with Crippen molar-refractivity contribution in [3.8, 4) is 17.2 Å². The van der Waals surface area contributed by atoms with Gasteiger partial charge in [-0.1, -0.05) is 6.92 Å². The highest BCUT2D eigenvalue weighted by Gasteiger charge is 2.29. The summed E-state index contributed by atoms with van der Waals surface area (Å²) in [5, 5.41) is 0. The van der Waals surface area contributed by atoms with Crippen LogP contribution in [0.2, 0.25) is 0 Å². The zero-order valence-corrected chi connectivity index (χ0v) is 16.3. The lowest BCUT2D eigenvalue weighted by Gasteiger charge is -2.31. The number of benzene rings is 1. The molecule has 0 atom stereocenters. The van der Waals surface area contributed by atoms with Crippen LogP contribution in [0.3, 0.4) is 0 Å².